The first-order chi connectivity index (χ1) is 13.1. The van der Waals surface area contributed by atoms with Crippen molar-refractivity contribution < 1.29 is 18.8 Å². The fraction of sp³-hybridized carbons (Fsp3) is 0.474. The summed E-state index contributed by atoms with van der Waals surface area (Å²) in [7, 11) is 0.866. The Kier molecular flexibility index (Phi) is 5.27. The first kappa shape index (κ1) is 20.4. The maximum Gasteiger partial charge on any atom is 0.497 e. The fourth-order valence-corrected chi connectivity index (χ4v) is 3.11. The molecule has 0 bridgehead atoms. The molecule has 0 unspecified atom stereocenters. The Labute approximate surface area is 163 Å². The van der Waals surface area contributed by atoms with Gasteiger partial charge in [0.25, 0.3) is 11.5 Å². The number of ether oxygens (including phenoxy) is 1. The van der Waals surface area contributed by atoms with Crippen LogP contribution in [0.5, 0.6) is 0 Å². The average molecular weight is 387 g/mol. The van der Waals surface area contributed by atoms with Gasteiger partial charge in [-0.05, 0) is 27.7 Å². The number of anilines is 1. The largest absolute Gasteiger partial charge is 0.497 e. The van der Waals surface area contributed by atoms with Crippen LogP contribution in [0.1, 0.15) is 38.1 Å². The number of fused-ring (bicyclic) bond motifs is 1. The molecule has 28 heavy (non-hydrogen) atoms. The zero-order chi connectivity index (χ0) is 20.7. The van der Waals surface area contributed by atoms with Gasteiger partial charge in [0.2, 0.25) is 0 Å². The third-order valence-electron chi connectivity index (χ3n) is 5.45. The SMILES string of the molecule is COCCNC(=O)c1c(N)c2cccc(B3OC(C)(C)C(C)(C)O3)c2[nH]c1=O. The van der Waals surface area contributed by atoms with E-state index in [1.54, 1.807) is 12.1 Å². The van der Waals surface area contributed by atoms with Gasteiger partial charge < -0.3 is 30.1 Å². The average Bonchev–Trinajstić information content (AvgIpc) is 2.82. The van der Waals surface area contributed by atoms with Gasteiger partial charge in [0.1, 0.15) is 5.56 Å². The number of benzene rings is 1. The number of methoxy groups -OCH3 is 1. The number of aromatic amines is 1. The van der Waals surface area contributed by atoms with E-state index in [1.807, 2.05) is 33.8 Å². The van der Waals surface area contributed by atoms with E-state index in [2.05, 4.69) is 10.3 Å². The summed E-state index contributed by atoms with van der Waals surface area (Å²) in [5.41, 5.74) is 5.75. The van der Waals surface area contributed by atoms with E-state index in [-0.39, 0.29) is 17.8 Å². The molecule has 1 aliphatic heterocycles. The van der Waals surface area contributed by atoms with E-state index in [9.17, 15) is 9.59 Å². The molecular weight excluding hydrogens is 361 g/mol. The highest BCUT2D eigenvalue weighted by Crippen LogP contribution is 2.37. The molecule has 1 aromatic heterocycles. The normalized spacial score (nSPS) is 17.8. The molecule has 0 spiro atoms. The summed E-state index contributed by atoms with van der Waals surface area (Å²) < 4.78 is 17.1. The minimum atomic E-state index is -0.662. The zero-order valence-corrected chi connectivity index (χ0v) is 16.8. The summed E-state index contributed by atoms with van der Waals surface area (Å²) in [6.45, 7) is 8.44. The van der Waals surface area contributed by atoms with Gasteiger partial charge in [-0.3, -0.25) is 9.59 Å². The maximum atomic E-state index is 12.6. The number of hydrogen-bond donors (Lipinski definition) is 3. The van der Waals surface area contributed by atoms with E-state index in [4.69, 9.17) is 19.8 Å². The van der Waals surface area contributed by atoms with Gasteiger partial charge >= 0.3 is 7.12 Å². The van der Waals surface area contributed by atoms with E-state index in [0.29, 0.717) is 23.0 Å². The van der Waals surface area contributed by atoms with Gasteiger partial charge in [-0.25, -0.2) is 0 Å². The number of nitrogens with one attached hydrogen (secondary N) is 2. The van der Waals surface area contributed by atoms with Gasteiger partial charge in [-0.2, -0.15) is 0 Å². The Morgan fingerprint density at radius 1 is 1.25 bits per heavy atom. The molecular formula is C19H26BN3O5. The van der Waals surface area contributed by atoms with Crippen molar-refractivity contribution in [2.24, 2.45) is 0 Å². The molecule has 1 aromatic carbocycles. The molecule has 8 nitrogen and oxygen atoms in total. The molecule has 2 aromatic rings. The van der Waals surface area contributed by atoms with Crippen LogP contribution in [0, 0.1) is 0 Å². The molecule has 1 aliphatic rings. The highest BCUT2D eigenvalue weighted by Gasteiger charge is 2.52. The van der Waals surface area contributed by atoms with Crippen LogP contribution >= 0.6 is 0 Å². The number of aromatic nitrogens is 1. The van der Waals surface area contributed by atoms with Crippen LogP contribution < -0.4 is 22.1 Å². The predicted molar refractivity (Wildman–Crippen MR) is 109 cm³/mol. The molecule has 2 heterocycles. The Hall–Kier alpha value is -2.36. The highest BCUT2D eigenvalue weighted by molar-refractivity contribution is 6.65. The topological polar surface area (TPSA) is 116 Å². The summed E-state index contributed by atoms with van der Waals surface area (Å²) in [4.78, 5) is 27.8. The van der Waals surface area contributed by atoms with Crippen LogP contribution in [0.3, 0.4) is 0 Å². The Morgan fingerprint density at radius 2 is 1.89 bits per heavy atom. The lowest BCUT2D eigenvalue weighted by Crippen LogP contribution is -2.41. The fourth-order valence-electron chi connectivity index (χ4n) is 3.11. The summed E-state index contributed by atoms with van der Waals surface area (Å²) in [5, 5.41) is 3.18. The third-order valence-corrected chi connectivity index (χ3v) is 5.45. The lowest BCUT2D eigenvalue weighted by molar-refractivity contribution is 0.00578. The molecule has 1 fully saturated rings. The number of nitrogens with two attached hydrogens (primary N) is 1. The van der Waals surface area contributed by atoms with Crippen molar-refractivity contribution in [3.8, 4) is 0 Å². The van der Waals surface area contributed by atoms with Gasteiger partial charge in [-0.15, -0.1) is 0 Å². The van der Waals surface area contributed by atoms with Crippen molar-refractivity contribution in [1.82, 2.24) is 10.3 Å². The zero-order valence-electron chi connectivity index (χ0n) is 16.8. The summed E-state index contributed by atoms with van der Waals surface area (Å²) in [5.74, 6) is -0.543. The van der Waals surface area contributed by atoms with Crippen molar-refractivity contribution in [3.63, 3.8) is 0 Å². The molecule has 9 heteroatoms. The molecule has 1 amide bonds. The summed E-state index contributed by atoms with van der Waals surface area (Å²) >= 11 is 0. The number of hydrogen-bond acceptors (Lipinski definition) is 6. The lowest BCUT2D eigenvalue weighted by atomic mass is 9.77. The number of pyridine rings is 1. The number of amides is 1. The van der Waals surface area contributed by atoms with Gasteiger partial charge in [-0.1, -0.05) is 18.2 Å². The molecule has 0 radical (unpaired) electrons. The second kappa shape index (κ2) is 7.23. The van der Waals surface area contributed by atoms with Crippen molar-refractivity contribution in [2.75, 3.05) is 26.0 Å². The number of carbonyl (C=O) groups is 1. The standard InChI is InChI=1S/C19H26BN3O5/c1-18(2)19(3,4)28-20(27-18)12-8-6-7-11-14(21)13(17(25)23-15(11)12)16(24)22-9-10-26-5/h6-8H,9-10H2,1-5H3,(H,22,24)(H3,21,23,25). The van der Waals surface area contributed by atoms with E-state index >= 15 is 0 Å². The minimum Gasteiger partial charge on any atom is -0.399 e. The first-order valence-corrected chi connectivity index (χ1v) is 9.16. The molecule has 0 saturated carbocycles. The van der Waals surface area contributed by atoms with Crippen molar-refractivity contribution >= 4 is 35.1 Å². The quantitative estimate of drug-likeness (QED) is 0.516. The molecule has 0 aliphatic carbocycles. The minimum absolute atomic E-state index is 0.116. The lowest BCUT2D eigenvalue weighted by Gasteiger charge is -2.32. The molecule has 4 N–H and O–H groups in total. The van der Waals surface area contributed by atoms with Gasteiger partial charge in [0, 0.05) is 24.5 Å². The maximum absolute atomic E-state index is 12.6. The number of para-hydroxylation sites is 1. The Bertz CT molecular complexity index is 954. The molecule has 3 rings (SSSR count). The van der Waals surface area contributed by atoms with Crippen LogP contribution in [0.25, 0.3) is 10.9 Å². The van der Waals surface area contributed by atoms with E-state index in [0.717, 1.165) is 0 Å². The Morgan fingerprint density at radius 3 is 2.50 bits per heavy atom. The van der Waals surface area contributed by atoms with E-state index in [1.165, 1.54) is 7.11 Å². The van der Waals surface area contributed by atoms with Crippen LogP contribution in [-0.4, -0.2) is 49.5 Å². The van der Waals surface area contributed by atoms with Crippen molar-refractivity contribution in [2.45, 2.75) is 38.9 Å². The van der Waals surface area contributed by atoms with Gasteiger partial charge in [0.05, 0.1) is 29.0 Å². The third kappa shape index (κ3) is 3.41. The van der Waals surface area contributed by atoms with Crippen LogP contribution in [-0.2, 0) is 14.0 Å². The highest BCUT2D eigenvalue weighted by atomic mass is 16.7. The number of rotatable bonds is 5. The Balaban J connectivity index is 2.05. The van der Waals surface area contributed by atoms with E-state index < -0.39 is 29.8 Å². The second-order valence-electron chi connectivity index (χ2n) is 7.85. The monoisotopic (exact) mass is 387 g/mol. The number of H-pyrrole nitrogens is 1. The van der Waals surface area contributed by atoms with Crippen molar-refractivity contribution in [1.29, 1.82) is 0 Å². The number of nitrogen functional groups attached to an aromatic ring is 1. The summed E-state index contributed by atoms with van der Waals surface area (Å²) in [6, 6.07) is 5.36. The van der Waals surface area contributed by atoms with Gasteiger partial charge in [0.15, 0.2) is 0 Å². The number of carbonyl (C=O) groups excluding carboxylic acids is 1. The van der Waals surface area contributed by atoms with Crippen LogP contribution in [0.2, 0.25) is 0 Å². The molecule has 150 valence electrons. The summed E-state index contributed by atoms with van der Waals surface area (Å²) in [6.07, 6.45) is 0. The van der Waals surface area contributed by atoms with Crippen molar-refractivity contribution in [3.05, 3.63) is 34.1 Å². The molecule has 1 saturated heterocycles. The van der Waals surface area contributed by atoms with Crippen LogP contribution in [0.4, 0.5) is 5.69 Å². The van der Waals surface area contributed by atoms with Crippen LogP contribution in [0.15, 0.2) is 23.0 Å². The second-order valence-corrected chi connectivity index (χ2v) is 7.85. The predicted octanol–water partition coefficient (Wildman–Crippen LogP) is 0.786. The first-order valence-electron chi connectivity index (χ1n) is 9.16. The smallest absolute Gasteiger partial charge is 0.399 e. The molecule has 0 atom stereocenters.